The number of nitrogens with zero attached hydrogens (tertiary/aromatic N) is 3. The molecule has 134 valence electrons. The average Bonchev–Trinajstić information content (AvgIpc) is 3.18. The predicted molar refractivity (Wildman–Crippen MR) is 94.4 cm³/mol. The topological polar surface area (TPSA) is 109 Å². The Bertz CT molecular complexity index is 875. The maximum absolute atomic E-state index is 12.1. The largest absolute Gasteiger partial charge is 0.455 e. The number of halogens is 1. The molecular formula is C17H15ClN4O4. The molecule has 2 N–H and O–H groups in total. The molecule has 26 heavy (non-hydrogen) atoms. The van der Waals surface area contributed by atoms with Crippen LogP contribution in [0.3, 0.4) is 0 Å². The molecule has 0 saturated carbocycles. The molecule has 1 aromatic heterocycles. The number of rotatable bonds is 5. The second-order valence-electron chi connectivity index (χ2n) is 5.46. The summed E-state index contributed by atoms with van der Waals surface area (Å²) in [7, 11) is 0. The second kappa shape index (κ2) is 7.51. The summed E-state index contributed by atoms with van der Waals surface area (Å²) in [5.74, 6) is -0.274. The van der Waals surface area contributed by atoms with Crippen LogP contribution in [0, 0.1) is 0 Å². The third-order valence-corrected chi connectivity index (χ3v) is 3.89. The van der Waals surface area contributed by atoms with Gasteiger partial charge >= 0.3 is 6.03 Å². The number of urea groups is 1. The van der Waals surface area contributed by atoms with Crippen molar-refractivity contribution in [3.8, 4) is 11.3 Å². The van der Waals surface area contributed by atoms with Crippen LogP contribution in [0.25, 0.3) is 11.3 Å². The van der Waals surface area contributed by atoms with E-state index in [2.05, 4.69) is 5.10 Å². The minimum absolute atomic E-state index is 0.0546. The zero-order chi connectivity index (χ0) is 18.7. The number of carbonyl (C=O) groups is 3. The number of benzene rings is 1. The maximum Gasteiger partial charge on any atom is 0.354 e. The lowest BCUT2D eigenvalue weighted by atomic mass is 10.2. The van der Waals surface area contributed by atoms with Gasteiger partial charge < -0.3 is 10.2 Å². The first-order valence-electron chi connectivity index (χ1n) is 7.76. The molecule has 2 aromatic rings. The van der Waals surface area contributed by atoms with Gasteiger partial charge in [-0.3, -0.25) is 9.59 Å². The highest BCUT2D eigenvalue weighted by Crippen LogP contribution is 2.23. The van der Waals surface area contributed by atoms with Crippen molar-refractivity contribution >= 4 is 35.7 Å². The molecular weight excluding hydrogens is 360 g/mol. The molecule has 1 aromatic carbocycles. The van der Waals surface area contributed by atoms with E-state index in [4.69, 9.17) is 21.8 Å². The van der Waals surface area contributed by atoms with Crippen LogP contribution in [0.15, 0.2) is 45.9 Å². The van der Waals surface area contributed by atoms with Crippen molar-refractivity contribution in [2.24, 2.45) is 10.8 Å². The third-order valence-electron chi connectivity index (χ3n) is 3.63. The molecule has 1 saturated heterocycles. The Kier molecular flexibility index (Phi) is 5.15. The standard InChI is InChI=1S/C17H15ClN4O4/c18-12-3-1-11(2-4-12)14-6-5-13(26-14)9-20-21-10-16(24)22(17(21)25)15(23)7-8-19/h1-6,9H,7-8,10,19H2/b20-9+. The molecule has 0 bridgehead atoms. The molecule has 0 aliphatic carbocycles. The number of hydrazone groups is 1. The molecule has 2 heterocycles. The predicted octanol–water partition coefficient (Wildman–Crippen LogP) is 2.07. The van der Waals surface area contributed by atoms with E-state index in [9.17, 15) is 14.4 Å². The van der Waals surface area contributed by atoms with Gasteiger partial charge in [-0.2, -0.15) is 10.0 Å². The van der Waals surface area contributed by atoms with Gasteiger partial charge in [0.1, 0.15) is 18.1 Å². The molecule has 0 radical (unpaired) electrons. The quantitative estimate of drug-likeness (QED) is 0.636. The molecule has 0 spiro atoms. The van der Waals surface area contributed by atoms with Gasteiger partial charge in [0.15, 0.2) is 0 Å². The van der Waals surface area contributed by atoms with E-state index in [1.165, 1.54) is 6.21 Å². The van der Waals surface area contributed by atoms with E-state index in [0.29, 0.717) is 21.4 Å². The highest BCUT2D eigenvalue weighted by atomic mass is 35.5. The molecule has 3 rings (SSSR count). The molecule has 1 fully saturated rings. The summed E-state index contributed by atoms with van der Waals surface area (Å²) in [5.41, 5.74) is 6.12. The highest BCUT2D eigenvalue weighted by molar-refractivity contribution is 6.30. The Morgan fingerprint density at radius 1 is 1.23 bits per heavy atom. The first-order chi connectivity index (χ1) is 12.5. The smallest absolute Gasteiger partial charge is 0.354 e. The molecule has 0 unspecified atom stereocenters. The van der Waals surface area contributed by atoms with Crippen LogP contribution in [-0.2, 0) is 9.59 Å². The monoisotopic (exact) mass is 374 g/mol. The molecule has 8 nitrogen and oxygen atoms in total. The Hall–Kier alpha value is -2.97. The highest BCUT2D eigenvalue weighted by Gasteiger charge is 2.40. The molecule has 1 aliphatic rings. The van der Waals surface area contributed by atoms with Gasteiger partial charge in [0, 0.05) is 23.6 Å². The number of imide groups is 3. The summed E-state index contributed by atoms with van der Waals surface area (Å²) < 4.78 is 5.63. The Morgan fingerprint density at radius 2 is 1.96 bits per heavy atom. The van der Waals surface area contributed by atoms with Crippen molar-refractivity contribution < 1.29 is 18.8 Å². The van der Waals surface area contributed by atoms with E-state index in [1.807, 2.05) is 12.1 Å². The van der Waals surface area contributed by atoms with E-state index in [-0.39, 0.29) is 19.5 Å². The second-order valence-corrected chi connectivity index (χ2v) is 5.89. The van der Waals surface area contributed by atoms with Crippen molar-refractivity contribution in [1.29, 1.82) is 0 Å². The summed E-state index contributed by atoms with van der Waals surface area (Å²) >= 11 is 5.85. The van der Waals surface area contributed by atoms with Crippen molar-refractivity contribution in [3.05, 3.63) is 47.2 Å². The fourth-order valence-electron chi connectivity index (χ4n) is 2.38. The molecule has 9 heteroatoms. The minimum Gasteiger partial charge on any atom is -0.455 e. The van der Waals surface area contributed by atoms with Gasteiger partial charge in [-0.05, 0) is 36.4 Å². The number of hydrogen-bond donors (Lipinski definition) is 1. The first kappa shape index (κ1) is 17.8. The van der Waals surface area contributed by atoms with E-state index < -0.39 is 17.8 Å². The zero-order valence-electron chi connectivity index (χ0n) is 13.6. The number of hydrogen-bond acceptors (Lipinski definition) is 6. The van der Waals surface area contributed by atoms with Gasteiger partial charge in [-0.25, -0.2) is 9.80 Å². The van der Waals surface area contributed by atoms with Crippen LogP contribution in [0.2, 0.25) is 5.02 Å². The summed E-state index contributed by atoms with van der Waals surface area (Å²) in [6.45, 7) is -0.255. The van der Waals surface area contributed by atoms with Crippen LogP contribution < -0.4 is 5.73 Å². The van der Waals surface area contributed by atoms with Crippen LogP contribution in [0.4, 0.5) is 4.79 Å². The Morgan fingerprint density at radius 3 is 2.65 bits per heavy atom. The van der Waals surface area contributed by atoms with Crippen molar-refractivity contribution in [3.63, 3.8) is 0 Å². The van der Waals surface area contributed by atoms with Crippen molar-refractivity contribution in [2.45, 2.75) is 6.42 Å². The maximum atomic E-state index is 12.1. The molecule has 1 aliphatic heterocycles. The van der Waals surface area contributed by atoms with Gasteiger partial charge in [0.2, 0.25) is 5.91 Å². The fourth-order valence-corrected chi connectivity index (χ4v) is 2.50. The lowest BCUT2D eigenvalue weighted by molar-refractivity contribution is -0.138. The van der Waals surface area contributed by atoms with Crippen LogP contribution in [0.5, 0.6) is 0 Å². The lowest BCUT2D eigenvalue weighted by Gasteiger charge is -2.11. The van der Waals surface area contributed by atoms with Crippen LogP contribution in [0.1, 0.15) is 12.2 Å². The van der Waals surface area contributed by atoms with Gasteiger partial charge in [-0.15, -0.1) is 0 Å². The summed E-state index contributed by atoms with van der Waals surface area (Å²) in [5, 5.41) is 5.46. The normalized spacial score (nSPS) is 14.7. The lowest BCUT2D eigenvalue weighted by Crippen LogP contribution is -2.38. The molecule has 4 amide bonds. The SMILES string of the molecule is NCCC(=O)N1C(=O)CN(/N=C/c2ccc(-c3ccc(Cl)cc3)o2)C1=O. The third kappa shape index (κ3) is 3.66. The average molecular weight is 375 g/mol. The summed E-state index contributed by atoms with van der Waals surface area (Å²) in [6, 6.07) is 9.74. The summed E-state index contributed by atoms with van der Waals surface area (Å²) in [6.07, 6.45) is 1.22. The van der Waals surface area contributed by atoms with Crippen LogP contribution >= 0.6 is 11.6 Å². The van der Waals surface area contributed by atoms with E-state index in [1.54, 1.807) is 24.3 Å². The van der Waals surface area contributed by atoms with Crippen LogP contribution in [-0.4, -0.2) is 47.1 Å². The number of amides is 4. The molecule has 0 atom stereocenters. The Balaban J connectivity index is 1.71. The van der Waals surface area contributed by atoms with E-state index >= 15 is 0 Å². The number of nitrogens with two attached hydrogens (primary N) is 1. The number of furan rings is 1. The summed E-state index contributed by atoms with van der Waals surface area (Å²) in [4.78, 5) is 36.3. The van der Waals surface area contributed by atoms with Gasteiger partial charge in [0.05, 0.1) is 6.21 Å². The zero-order valence-corrected chi connectivity index (χ0v) is 14.3. The Labute approximate surface area is 153 Å². The van der Waals surface area contributed by atoms with Gasteiger partial charge in [-0.1, -0.05) is 11.6 Å². The number of carbonyl (C=O) groups excluding carboxylic acids is 3. The minimum atomic E-state index is -0.797. The first-order valence-corrected chi connectivity index (χ1v) is 8.14. The van der Waals surface area contributed by atoms with E-state index in [0.717, 1.165) is 10.6 Å². The fraction of sp³-hybridized carbons (Fsp3) is 0.176. The van der Waals surface area contributed by atoms with Crippen molar-refractivity contribution in [2.75, 3.05) is 13.1 Å². The van der Waals surface area contributed by atoms with Crippen molar-refractivity contribution in [1.82, 2.24) is 9.91 Å². The van der Waals surface area contributed by atoms with Gasteiger partial charge in [0.25, 0.3) is 5.91 Å².